The van der Waals surface area contributed by atoms with E-state index in [4.69, 9.17) is 10.5 Å². The first-order valence-corrected chi connectivity index (χ1v) is 6.43. The quantitative estimate of drug-likeness (QED) is 0.818. The standard InChI is InChI=1S/C13H23N3O2/c1-6-9-15-10(12(17)18-8-3)11(14)16(9)13(4,5)7-2/h6-8,14H2,1-5H3. The third kappa shape index (κ3) is 2.49. The highest BCUT2D eigenvalue weighted by Crippen LogP contribution is 2.28. The van der Waals surface area contributed by atoms with Crippen LogP contribution in [0.1, 0.15) is 57.4 Å². The fraction of sp³-hybridized carbons (Fsp3) is 0.692. The fourth-order valence-corrected chi connectivity index (χ4v) is 1.90. The van der Waals surface area contributed by atoms with Crippen molar-refractivity contribution in [2.24, 2.45) is 0 Å². The number of nitrogen functional groups attached to an aromatic ring is 1. The maximum Gasteiger partial charge on any atom is 0.360 e. The molecule has 0 unspecified atom stereocenters. The number of hydrogen-bond acceptors (Lipinski definition) is 4. The van der Waals surface area contributed by atoms with Crippen molar-refractivity contribution in [1.29, 1.82) is 0 Å². The summed E-state index contributed by atoms with van der Waals surface area (Å²) in [4.78, 5) is 16.1. The number of aryl methyl sites for hydroxylation is 1. The molecule has 1 heterocycles. The minimum atomic E-state index is -0.449. The Bertz CT molecular complexity index is 436. The molecule has 0 aliphatic rings. The molecule has 1 aromatic heterocycles. The number of anilines is 1. The van der Waals surface area contributed by atoms with Gasteiger partial charge in [-0.1, -0.05) is 13.8 Å². The van der Waals surface area contributed by atoms with E-state index in [-0.39, 0.29) is 11.2 Å². The predicted octanol–water partition coefficient (Wildman–Crippen LogP) is 2.35. The lowest BCUT2D eigenvalue weighted by molar-refractivity contribution is 0.0521. The number of aromatic nitrogens is 2. The van der Waals surface area contributed by atoms with Crippen LogP contribution in [-0.4, -0.2) is 22.1 Å². The number of imidazole rings is 1. The Hall–Kier alpha value is -1.52. The zero-order chi connectivity index (χ0) is 13.9. The largest absolute Gasteiger partial charge is 0.461 e. The van der Waals surface area contributed by atoms with E-state index in [1.807, 2.05) is 11.5 Å². The van der Waals surface area contributed by atoms with Gasteiger partial charge >= 0.3 is 5.97 Å². The number of esters is 1. The highest BCUT2D eigenvalue weighted by atomic mass is 16.5. The molecule has 18 heavy (non-hydrogen) atoms. The molecule has 0 aliphatic carbocycles. The number of nitrogens with zero attached hydrogens (tertiary/aromatic N) is 2. The summed E-state index contributed by atoms with van der Waals surface area (Å²) in [7, 11) is 0. The van der Waals surface area contributed by atoms with E-state index >= 15 is 0 Å². The summed E-state index contributed by atoms with van der Waals surface area (Å²) < 4.78 is 6.92. The molecule has 0 aromatic carbocycles. The number of nitrogens with two attached hydrogens (primary N) is 1. The summed E-state index contributed by atoms with van der Waals surface area (Å²) >= 11 is 0. The van der Waals surface area contributed by atoms with Gasteiger partial charge in [0, 0.05) is 12.0 Å². The third-order valence-electron chi connectivity index (χ3n) is 3.24. The second kappa shape index (κ2) is 5.42. The Labute approximate surface area is 108 Å². The van der Waals surface area contributed by atoms with Crippen molar-refractivity contribution < 1.29 is 9.53 Å². The minimum absolute atomic E-state index is 0.160. The number of ether oxygens (including phenoxy) is 1. The molecule has 0 amide bonds. The molecule has 102 valence electrons. The van der Waals surface area contributed by atoms with Crippen LogP contribution in [0.15, 0.2) is 0 Å². The SMILES string of the molecule is CCOC(=O)c1nc(CC)n(C(C)(C)CC)c1N. The topological polar surface area (TPSA) is 70.1 Å². The zero-order valence-corrected chi connectivity index (χ0v) is 11.9. The Morgan fingerprint density at radius 2 is 2.00 bits per heavy atom. The molecule has 0 saturated heterocycles. The number of carbonyl (C=O) groups excluding carboxylic acids is 1. The van der Waals surface area contributed by atoms with E-state index in [0.717, 1.165) is 18.7 Å². The number of hydrogen-bond donors (Lipinski definition) is 1. The van der Waals surface area contributed by atoms with Crippen molar-refractivity contribution >= 4 is 11.8 Å². The first-order chi connectivity index (χ1) is 8.38. The lowest BCUT2D eigenvalue weighted by Gasteiger charge is -2.28. The van der Waals surface area contributed by atoms with Crippen LogP contribution in [0.3, 0.4) is 0 Å². The van der Waals surface area contributed by atoms with Gasteiger partial charge in [-0.25, -0.2) is 9.78 Å². The Morgan fingerprint density at radius 3 is 2.44 bits per heavy atom. The highest BCUT2D eigenvalue weighted by molar-refractivity contribution is 5.92. The van der Waals surface area contributed by atoms with Gasteiger partial charge in [0.25, 0.3) is 0 Å². The summed E-state index contributed by atoms with van der Waals surface area (Å²) in [5, 5.41) is 0. The van der Waals surface area contributed by atoms with Gasteiger partial charge in [0.2, 0.25) is 0 Å². The molecular formula is C13H23N3O2. The molecule has 0 atom stereocenters. The summed E-state index contributed by atoms with van der Waals surface area (Å²) in [6, 6.07) is 0. The van der Waals surface area contributed by atoms with Crippen LogP contribution in [0.4, 0.5) is 5.82 Å². The van der Waals surface area contributed by atoms with Gasteiger partial charge in [-0.2, -0.15) is 0 Å². The van der Waals surface area contributed by atoms with Crippen molar-refractivity contribution in [1.82, 2.24) is 9.55 Å². The average molecular weight is 253 g/mol. The van der Waals surface area contributed by atoms with Crippen LogP contribution in [0.25, 0.3) is 0 Å². The Balaban J connectivity index is 3.31. The van der Waals surface area contributed by atoms with Crippen LogP contribution < -0.4 is 5.73 Å². The fourth-order valence-electron chi connectivity index (χ4n) is 1.90. The molecule has 1 aromatic rings. The predicted molar refractivity (Wildman–Crippen MR) is 71.6 cm³/mol. The Morgan fingerprint density at radius 1 is 1.39 bits per heavy atom. The highest BCUT2D eigenvalue weighted by Gasteiger charge is 2.28. The van der Waals surface area contributed by atoms with Crippen molar-refractivity contribution in [2.45, 2.75) is 53.0 Å². The van der Waals surface area contributed by atoms with Crippen LogP contribution in [-0.2, 0) is 16.7 Å². The monoisotopic (exact) mass is 253 g/mol. The van der Waals surface area contributed by atoms with E-state index in [9.17, 15) is 4.79 Å². The van der Waals surface area contributed by atoms with Crippen LogP contribution in [0.2, 0.25) is 0 Å². The molecule has 0 saturated carbocycles. The Kier molecular flexibility index (Phi) is 4.38. The van der Waals surface area contributed by atoms with Crippen molar-refractivity contribution in [3.05, 3.63) is 11.5 Å². The van der Waals surface area contributed by atoms with Gasteiger partial charge in [-0.3, -0.25) is 0 Å². The maximum absolute atomic E-state index is 11.8. The minimum Gasteiger partial charge on any atom is -0.461 e. The molecule has 1 rings (SSSR count). The molecule has 5 nitrogen and oxygen atoms in total. The van der Waals surface area contributed by atoms with E-state index in [1.54, 1.807) is 6.92 Å². The smallest absolute Gasteiger partial charge is 0.360 e. The molecule has 0 radical (unpaired) electrons. The second-order valence-electron chi connectivity index (χ2n) is 4.84. The molecule has 0 fully saturated rings. The molecule has 0 bridgehead atoms. The van der Waals surface area contributed by atoms with Crippen LogP contribution >= 0.6 is 0 Å². The molecule has 0 aliphatic heterocycles. The summed E-state index contributed by atoms with van der Waals surface area (Å²) in [5.74, 6) is 0.773. The van der Waals surface area contributed by atoms with Gasteiger partial charge in [-0.15, -0.1) is 0 Å². The van der Waals surface area contributed by atoms with Crippen molar-refractivity contribution in [3.8, 4) is 0 Å². The van der Waals surface area contributed by atoms with E-state index in [0.29, 0.717) is 12.4 Å². The lowest BCUT2D eigenvalue weighted by atomic mass is 10.0. The maximum atomic E-state index is 11.8. The summed E-state index contributed by atoms with van der Waals surface area (Å²) in [6.07, 6.45) is 1.63. The average Bonchev–Trinajstić information content (AvgIpc) is 2.67. The van der Waals surface area contributed by atoms with Gasteiger partial charge in [-0.05, 0) is 27.2 Å². The summed E-state index contributed by atoms with van der Waals surface area (Å²) in [5.41, 5.74) is 6.14. The molecular weight excluding hydrogens is 230 g/mol. The van der Waals surface area contributed by atoms with Gasteiger partial charge in [0.05, 0.1) is 6.61 Å². The normalized spacial score (nSPS) is 11.6. The van der Waals surface area contributed by atoms with E-state index < -0.39 is 5.97 Å². The van der Waals surface area contributed by atoms with E-state index in [2.05, 4.69) is 25.8 Å². The van der Waals surface area contributed by atoms with E-state index in [1.165, 1.54) is 0 Å². The number of carbonyl (C=O) groups is 1. The van der Waals surface area contributed by atoms with Crippen molar-refractivity contribution in [2.75, 3.05) is 12.3 Å². The molecule has 0 spiro atoms. The van der Waals surface area contributed by atoms with Crippen LogP contribution in [0, 0.1) is 0 Å². The van der Waals surface area contributed by atoms with Crippen LogP contribution in [0.5, 0.6) is 0 Å². The van der Waals surface area contributed by atoms with Gasteiger partial charge in [0.15, 0.2) is 5.69 Å². The van der Waals surface area contributed by atoms with Crippen molar-refractivity contribution in [3.63, 3.8) is 0 Å². The molecule has 2 N–H and O–H groups in total. The zero-order valence-electron chi connectivity index (χ0n) is 11.9. The molecule has 5 heteroatoms. The van der Waals surface area contributed by atoms with Gasteiger partial charge in [0.1, 0.15) is 11.6 Å². The third-order valence-corrected chi connectivity index (χ3v) is 3.24. The second-order valence-corrected chi connectivity index (χ2v) is 4.84. The lowest BCUT2D eigenvalue weighted by Crippen LogP contribution is -2.28. The first-order valence-electron chi connectivity index (χ1n) is 6.43. The summed E-state index contributed by atoms with van der Waals surface area (Å²) in [6.45, 7) is 10.3. The first kappa shape index (κ1) is 14.5. The number of rotatable bonds is 5. The van der Waals surface area contributed by atoms with Gasteiger partial charge < -0.3 is 15.0 Å².